The minimum absolute atomic E-state index is 0.0859. The van der Waals surface area contributed by atoms with E-state index in [4.69, 9.17) is 11.0 Å². The van der Waals surface area contributed by atoms with Gasteiger partial charge in [0.2, 0.25) is 0 Å². The Labute approximate surface area is 107 Å². The lowest BCUT2D eigenvalue weighted by atomic mass is 10.1. The molecule has 3 heterocycles. The molecule has 0 radical (unpaired) electrons. The number of aromatic nitrogens is 3. The summed E-state index contributed by atoms with van der Waals surface area (Å²) in [4.78, 5) is 18.0. The molecular weight excluding hydrogens is 242 g/mol. The molecule has 3 aromatic rings. The standard InChI is InChI=1S/C13H9N5O/c14-4-9-3-10(5-16-13(9)19)8-1-2-12-17-11(15)7-18(12)6-8/h1-3,5-7H,15H2,(H,16,19). The lowest BCUT2D eigenvalue weighted by Gasteiger charge is -2.02. The summed E-state index contributed by atoms with van der Waals surface area (Å²) in [5.41, 5.74) is 7.67. The van der Waals surface area contributed by atoms with Crippen molar-refractivity contribution in [2.45, 2.75) is 0 Å². The van der Waals surface area contributed by atoms with Gasteiger partial charge in [0.05, 0.1) is 6.20 Å². The van der Waals surface area contributed by atoms with Gasteiger partial charge in [-0.3, -0.25) is 4.79 Å². The molecule has 0 unspecified atom stereocenters. The Bertz CT molecular complexity index is 869. The van der Waals surface area contributed by atoms with Crippen LogP contribution in [0.2, 0.25) is 0 Å². The zero-order valence-corrected chi connectivity index (χ0v) is 9.79. The second kappa shape index (κ2) is 3.99. The fourth-order valence-electron chi connectivity index (χ4n) is 1.92. The van der Waals surface area contributed by atoms with E-state index in [2.05, 4.69) is 9.97 Å². The molecule has 3 N–H and O–H groups in total. The molecule has 0 fully saturated rings. The van der Waals surface area contributed by atoms with Gasteiger partial charge in [-0.2, -0.15) is 5.26 Å². The van der Waals surface area contributed by atoms with Gasteiger partial charge in [-0.1, -0.05) is 0 Å². The second-order valence-electron chi connectivity index (χ2n) is 4.09. The highest BCUT2D eigenvalue weighted by Gasteiger charge is 2.05. The van der Waals surface area contributed by atoms with E-state index in [9.17, 15) is 4.79 Å². The van der Waals surface area contributed by atoms with Crippen molar-refractivity contribution < 1.29 is 0 Å². The molecule has 0 spiro atoms. The van der Waals surface area contributed by atoms with Gasteiger partial charge in [-0.05, 0) is 23.8 Å². The molecule has 3 aromatic heterocycles. The number of fused-ring (bicyclic) bond motifs is 1. The molecule has 0 amide bonds. The van der Waals surface area contributed by atoms with E-state index < -0.39 is 0 Å². The van der Waals surface area contributed by atoms with Crippen molar-refractivity contribution in [1.82, 2.24) is 14.4 Å². The van der Waals surface area contributed by atoms with Crippen molar-refractivity contribution in [2.24, 2.45) is 0 Å². The number of nitrogens with zero attached hydrogens (tertiary/aromatic N) is 3. The molecule has 0 aliphatic carbocycles. The summed E-state index contributed by atoms with van der Waals surface area (Å²) < 4.78 is 1.79. The van der Waals surface area contributed by atoms with Gasteiger partial charge in [-0.25, -0.2) is 4.98 Å². The van der Waals surface area contributed by atoms with E-state index in [1.54, 1.807) is 22.9 Å². The minimum atomic E-state index is -0.390. The Hall–Kier alpha value is -3.07. The number of nitrogens with one attached hydrogen (secondary N) is 1. The van der Waals surface area contributed by atoms with Gasteiger partial charge < -0.3 is 15.1 Å². The average Bonchev–Trinajstić information content (AvgIpc) is 2.78. The summed E-state index contributed by atoms with van der Waals surface area (Å²) >= 11 is 0. The number of anilines is 1. The van der Waals surface area contributed by atoms with Gasteiger partial charge in [0.25, 0.3) is 5.56 Å². The third kappa shape index (κ3) is 1.83. The SMILES string of the molecule is N#Cc1cc(-c2ccc3nc(N)cn3c2)c[nH]c1=O. The van der Waals surface area contributed by atoms with Gasteiger partial charge >= 0.3 is 0 Å². The van der Waals surface area contributed by atoms with Gasteiger partial charge in [0.1, 0.15) is 23.1 Å². The molecule has 6 nitrogen and oxygen atoms in total. The molecular formula is C13H9N5O. The first-order chi connectivity index (χ1) is 9.17. The molecule has 0 atom stereocenters. The molecule has 0 bridgehead atoms. The Kier molecular flexibility index (Phi) is 2.32. The van der Waals surface area contributed by atoms with Crippen LogP contribution in [0.25, 0.3) is 16.8 Å². The first-order valence-electron chi connectivity index (χ1n) is 5.55. The van der Waals surface area contributed by atoms with Crippen LogP contribution in [0.15, 0.2) is 41.6 Å². The van der Waals surface area contributed by atoms with Crippen LogP contribution >= 0.6 is 0 Å². The van der Waals surface area contributed by atoms with Crippen molar-refractivity contribution in [1.29, 1.82) is 5.26 Å². The number of hydrogen-bond acceptors (Lipinski definition) is 4. The van der Waals surface area contributed by atoms with Crippen molar-refractivity contribution in [2.75, 3.05) is 5.73 Å². The maximum atomic E-state index is 11.3. The van der Waals surface area contributed by atoms with Crippen LogP contribution in [0, 0.1) is 11.3 Å². The number of imidazole rings is 1. The van der Waals surface area contributed by atoms with Gasteiger partial charge in [0, 0.05) is 18.0 Å². The molecule has 6 heteroatoms. The van der Waals surface area contributed by atoms with E-state index in [0.717, 1.165) is 16.8 Å². The van der Waals surface area contributed by atoms with Crippen LogP contribution in [0.5, 0.6) is 0 Å². The summed E-state index contributed by atoms with van der Waals surface area (Å²) in [6, 6.07) is 7.10. The van der Waals surface area contributed by atoms with Gasteiger partial charge in [-0.15, -0.1) is 0 Å². The lowest BCUT2D eigenvalue weighted by Crippen LogP contribution is -2.08. The Morgan fingerprint density at radius 2 is 2.16 bits per heavy atom. The molecule has 92 valence electrons. The number of aromatic amines is 1. The predicted octanol–water partition coefficient (Wildman–Crippen LogP) is 1.14. The van der Waals surface area contributed by atoms with Crippen LogP contribution < -0.4 is 11.3 Å². The van der Waals surface area contributed by atoms with Crippen LogP contribution in [-0.4, -0.2) is 14.4 Å². The first-order valence-corrected chi connectivity index (χ1v) is 5.55. The number of H-pyrrole nitrogens is 1. The number of rotatable bonds is 1. The van der Waals surface area contributed by atoms with Crippen LogP contribution in [0.4, 0.5) is 5.82 Å². The number of nitrogens with two attached hydrogens (primary N) is 1. The van der Waals surface area contributed by atoms with E-state index >= 15 is 0 Å². The molecule has 0 aromatic carbocycles. The van der Waals surface area contributed by atoms with Crippen molar-refractivity contribution in [3.05, 3.63) is 52.7 Å². The van der Waals surface area contributed by atoms with E-state index in [1.807, 2.05) is 24.4 Å². The highest BCUT2D eigenvalue weighted by Crippen LogP contribution is 2.19. The zero-order chi connectivity index (χ0) is 13.4. The molecule has 0 saturated heterocycles. The highest BCUT2D eigenvalue weighted by atomic mass is 16.1. The fourth-order valence-corrected chi connectivity index (χ4v) is 1.92. The number of nitriles is 1. The predicted molar refractivity (Wildman–Crippen MR) is 70.4 cm³/mol. The smallest absolute Gasteiger partial charge is 0.265 e. The monoisotopic (exact) mass is 251 g/mol. The maximum Gasteiger partial charge on any atom is 0.265 e. The largest absolute Gasteiger partial charge is 0.382 e. The van der Waals surface area contributed by atoms with Crippen molar-refractivity contribution in [3.63, 3.8) is 0 Å². The van der Waals surface area contributed by atoms with Crippen LogP contribution in [0.3, 0.4) is 0 Å². The molecule has 3 rings (SSSR count). The Balaban J connectivity index is 2.18. The van der Waals surface area contributed by atoms with Crippen LogP contribution in [-0.2, 0) is 0 Å². The summed E-state index contributed by atoms with van der Waals surface area (Å²) in [5.74, 6) is 0.441. The summed E-state index contributed by atoms with van der Waals surface area (Å²) in [5, 5.41) is 8.86. The minimum Gasteiger partial charge on any atom is -0.382 e. The van der Waals surface area contributed by atoms with Gasteiger partial charge in [0.15, 0.2) is 0 Å². The Morgan fingerprint density at radius 1 is 1.32 bits per heavy atom. The Morgan fingerprint density at radius 3 is 2.95 bits per heavy atom. The number of nitrogen functional groups attached to an aromatic ring is 1. The number of pyridine rings is 2. The quantitative estimate of drug-likeness (QED) is 0.677. The first kappa shape index (κ1) is 11.0. The zero-order valence-electron chi connectivity index (χ0n) is 9.79. The third-order valence-corrected chi connectivity index (χ3v) is 2.83. The fraction of sp³-hybridized carbons (Fsp3) is 0. The van der Waals surface area contributed by atoms with Crippen LogP contribution in [0.1, 0.15) is 5.56 Å². The molecule has 0 aliphatic heterocycles. The molecule has 0 saturated carbocycles. The topological polar surface area (TPSA) is 100.0 Å². The highest BCUT2D eigenvalue weighted by molar-refractivity contribution is 5.65. The summed E-state index contributed by atoms with van der Waals surface area (Å²) in [7, 11) is 0. The van der Waals surface area contributed by atoms with E-state index in [0.29, 0.717) is 5.82 Å². The summed E-state index contributed by atoms with van der Waals surface area (Å²) in [6.45, 7) is 0. The average molecular weight is 251 g/mol. The van der Waals surface area contributed by atoms with E-state index in [1.165, 1.54) is 0 Å². The summed E-state index contributed by atoms with van der Waals surface area (Å²) in [6.07, 6.45) is 5.12. The maximum absolute atomic E-state index is 11.3. The number of hydrogen-bond donors (Lipinski definition) is 2. The molecule has 19 heavy (non-hydrogen) atoms. The van der Waals surface area contributed by atoms with Crippen molar-refractivity contribution in [3.8, 4) is 17.2 Å². The second-order valence-corrected chi connectivity index (χ2v) is 4.09. The van der Waals surface area contributed by atoms with E-state index in [-0.39, 0.29) is 11.1 Å². The molecule has 0 aliphatic rings. The van der Waals surface area contributed by atoms with Crippen molar-refractivity contribution >= 4 is 11.5 Å². The third-order valence-electron chi connectivity index (χ3n) is 2.83. The normalized spacial score (nSPS) is 10.5. The lowest BCUT2D eigenvalue weighted by molar-refractivity contribution is 1.18.